The van der Waals surface area contributed by atoms with Crippen molar-refractivity contribution in [3.8, 4) is 11.6 Å². The van der Waals surface area contributed by atoms with E-state index in [0.29, 0.717) is 17.2 Å². The highest BCUT2D eigenvalue weighted by Gasteiger charge is 2.09. The molecule has 0 amide bonds. The Morgan fingerprint density at radius 1 is 1.30 bits per heavy atom. The second kappa shape index (κ2) is 6.52. The molecule has 104 valence electrons. The van der Waals surface area contributed by atoms with Crippen molar-refractivity contribution < 1.29 is 14.3 Å². The summed E-state index contributed by atoms with van der Waals surface area (Å²) >= 11 is 3.37. The molecular weight excluding hydrogens is 322 g/mol. The first-order valence-electron chi connectivity index (χ1n) is 6.03. The van der Waals surface area contributed by atoms with E-state index in [-0.39, 0.29) is 12.4 Å². The number of pyridine rings is 1. The standard InChI is InChI=1S/C15H14BrNO3/c1-10(18)13-7-6-11(16)8-14(13)20-9-12-4-3-5-15(17-12)19-2/h3-8H,9H2,1-2H3. The molecule has 0 aliphatic rings. The van der Waals surface area contributed by atoms with E-state index in [2.05, 4.69) is 20.9 Å². The summed E-state index contributed by atoms with van der Waals surface area (Å²) in [6, 6.07) is 10.8. The van der Waals surface area contributed by atoms with Crippen molar-refractivity contribution in [1.29, 1.82) is 0 Å². The van der Waals surface area contributed by atoms with E-state index in [1.54, 1.807) is 25.3 Å². The fourth-order valence-electron chi connectivity index (χ4n) is 1.71. The number of rotatable bonds is 5. The minimum Gasteiger partial charge on any atom is -0.486 e. The fourth-order valence-corrected chi connectivity index (χ4v) is 2.05. The highest BCUT2D eigenvalue weighted by molar-refractivity contribution is 9.10. The van der Waals surface area contributed by atoms with Crippen LogP contribution in [0.1, 0.15) is 23.0 Å². The van der Waals surface area contributed by atoms with Crippen molar-refractivity contribution in [3.63, 3.8) is 0 Å². The Hall–Kier alpha value is -1.88. The van der Waals surface area contributed by atoms with Gasteiger partial charge in [0, 0.05) is 10.5 Å². The van der Waals surface area contributed by atoms with Gasteiger partial charge in [0.25, 0.3) is 0 Å². The summed E-state index contributed by atoms with van der Waals surface area (Å²) in [5, 5.41) is 0. The molecule has 4 nitrogen and oxygen atoms in total. The lowest BCUT2D eigenvalue weighted by Crippen LogP contribution is -2.03. The third-order valence-corrected chi connectivity index (χ3v) is 3.18. The molecular formula is C15H14BrNO3. The zero-order valence-electron chi connectivity index (χ0n) is 11.2. The van der Waals surface area contributed by atoms with Crippen LogP contribution < -0.4 is 9.47 Å². The third kappa shape index (κ3) is 3.57. The number of carbonyl (C=O) groups is 1. The van der Waals surface area contributed by atoms with Gasteiger partial charge in [0.1, 0.15) is 12.4 Å². The summed E-state index contributed by atoms with van der Waals surface area (Å²) in [5.41, 5.74) is 1.29. The number of benzene rings is 1. The van der Waals surface area contributed by atoms with Crippen molar-refractivity contribution in [2.45, 2.75) is 13.5 Å². The molecule has 1 aromatic carbocycles. The van der Waals surface area contributed by atoms with Gasteiger partial charge in [-0.2, -0.15) is 0 Å². The van der Waals surface area contributed by atoms with E-state index in [1.165, 1.54) is 6.92 Å². The van der Waals surface area contributed by atoms with Gasteiger partial charge in [-0.05, 0) is 31.2 Å². The van der Waals surface area contributed by atoms with Crippen LogP contribution in [0.2, 0.25) is 0 Å². The summed E-state index contributed by atoms with van der Waals surface area (Å²) in [4.78, 5) is 15.8. The van der Waals surface area contributed by atoms with Gasteiger partial charge in [-0.15, -0.1) is 0 Å². The fraction of sp³-hybridized carbons (Fsp3) is 0.200. The van der Waals surface area contributed by atoms with Crippen molar-refractivity contribution in [2.75, 3.05) is 7.11 Å². The average Bonchev–Trinajstić information content (AvgIpc) is 2.45. The molecule has 0 N–H and O–H groups in total. The number of methoxy groups -OCH3 is 1. The third-order valence-electron chi connectivity index (χ3n) is 2.69. The van der Waals surface area contributed by atoms with Crippen LogP contribution in [0.25, 0.3) is 0 Å². The maximum Gasteiger partial charge on any atom is 0.213 e. The quantitative estimate of drug-likeness (QED) is 0.783. The zero-order valence-corrected chi connectivity index (χ0v) is 12.8. The first-order chi connectivity index (χ1) is 9.60. The number of ketones is 1. The van der Waals surface area contributed by atoms with Gasteiger partial charge in [-0.1, -0.05) is 22.0 Å². The van der Waals surface area contributed by atoms with Crippen molar-refractivity contribution in [2.24, 2.45) is 0 Å². The normalized spacial score (nSPS) is 10.2. The number of hydrogen-bond donors (Lipinski definition) is 0. The smallest absolute Gasteiger partial charge is 0.213 e. The van der Waals surface area contributed by atoms with Crippen molar-refractivity contribution >= 4 is 21.7 Å². The molecule has 2 aromatic rings. The molecule has 2 rings (SSSR count). The molecule has 0 unspecified atom stereocenters. The number of aromatic nitrogens is 1. The molecule has 0 fully saturated rings. The number of nitrogens with zero attached hydrogens (tertiary/aromatic N) is 1. The lowest BCUT2D eigenvalue weighted by Gasteiger charge is -2.10. The van der Waals surface area contributed by atoms with E-state index in [9.17, 15) is 4.79 Å². The Morgan fingerprint density at radius 2 is 2.10 bits per heavy atom. The highest BCUT2D eigenvalue weighted by atomic mass is 79.9. The Kier molecular flexibility index (Phi) is 4.74. The largest absolute Gasteiger partial charge is 0.486 e. The molecule has 5 heteroatoms. The molecule has 0 saturated heterocycles. The Bertz CT molecular complexity index is 628. The summed E-state index contributed by atoms with van der Waals surface area (Å²) in [7, 11) is 1.56. The number of ether oxygens (including phenoxy) is 2. The minimum atomic E-state index is -0.0360. The Balaban J connectivity index is 2.17. The number of hydrogen-bond acceptors (Lipinski definition) is 4. The van der Waals surface area contributed by atoms with E-state index in [4.69, 9.17) is 9.47 Å². The van der Waals surface area contributed by atoms with Crippen molar-refractivity contribution in [1.82, 2.24) is 4.98 Å². The molecule has 0 aliphatic heterocycles. The lowest BCUT2D eigenvalue weighted by atomic mass is 10.1. The molecule has 0 aliphatic carbocycles. The number of carbonyl (C=O) groups excluding carboxylic acids is 1. The highest BCUT2D eigenvalue weighted by Crippen LogP contribution is 2.25. The van der Waals surface area contributed by atoms with E-state index >= 15 is 0 Å². The Morgan fingerprint density at radius 3 is 2.80 bits per heavy atom. The van der Waals surface area contributed by atoms with Gasteiger partial charge in [0.2, 0.25) is 5.88 Å². The first-order valence-corrected chi connectivity index (χ1v) is 6.82. The molecule has 1 heterocycles. The van der Waals surface area contributed by atoms with Crippen LogP contribution >= 0.6 is 15.9 Å². The predicted octanol–water partition coefficient (Wildman–Crippen LogP) is 3.63. The van der Waals surface area contributed by atoms with Crippen LogP contribution in [-0.4, -0.2) is 17.9 Å². The number of halogens is 1. The van der Waals surface area contributed by atoms with Crippen LogP contribution in [0.4, 0.5) is 0 Å². The summed E-state index contributed by atoms with van der Waals surface area (Å²) in [6.07, 6.45) is 0. The number of Topliss-reactive ketones (excluding diaryl/α,β-unsaturated/α-hetero) is 1. The topological polar surface area (TPSA) is 48.4 Å². The predicted molar refractivity (Wildman–Crippen MR) is 79.3 cm³/mol. The lowest BCUT2D eigenvalue weighted by molar-refractivity contribution is 0.101. The second-order valence-electron chi connectivity index (χ2n) is 4.16. The van der Waals surface area contributed by atoms with E-state index in [0.717, 1.165) is 10.2 Å². The van der Waals surface area contributed by atoms with Gasteiger partial charge >= 0.3 is 0 Å². The summed E-state index contributed by atoms with van der Waals surface area (Å²) in [5.74, 6) is 1.04. The summed E-state index contributed by atoms with van der Waals surface area (Å²) < 4.78 is 11.6. The average molecular weight is 336 g/mol. The van der Waals surface area contributed by atoms with Crippen LogP contribution in [0.3, 0.4) is 0 Å². The van der Waals surface area contributed by atoms with Gasteiger partial charge in [0.05, 0.1) is 18.4 Å². The monoisotopic (exact) mass is 335 g/mol. The molecule has 0 saturated carbocycles. The van der Waals surface area contributed by atoms with Crippen molar-refractivity contribution in [3.05, 3.63) is 52.1 Å². The van der Waals surface area contributed by atoms with Crippen LogP contribution in [0.5, 0.6) is 11.6 Å². The maximum absolute atomic E-state index is 11.6. The molecule has 0 bridgehead atoms. The van der Waals surface area contributed by atoms with Crippen LogP contribution in [0, 0.1) is 0 Å². The van der Waals surface area contributed by atoms with Crippen LogP contribution in [0.15, 0.2) is 40.9 Å². The second-order valence-corrected chi connectivity index (χ2v) is 5.07. The van der Waals surface area contributed by atoms with Gasteiger partial charge < -0.3 is 9.47 Å². The van der Waals surface area contributed by atoms with E-state index in [1.807, 2.05) is 18.2 Å². The molecule has 1 aromatic heterocycles. The zero-order chi connectivity index (χ0) is 14.5. The SMILES string of the molecule is COc1cccc(COc2cc(Br)ccc2C(C)=O)n1. The van der Waals surface area contributed by atoms with Crippen LogP contribution in [-0.2, 0) is 6.61 Å². The first kappa shape index (κ1) is 14.5. The summed E-state index contributed by atoms with van der Waals surface area (Å²) in [6.45, 7) is 1.79. The maximum atomic E-state index is 11.6. The molecule has 0 radical (unpaired) electrons. The minimum absolute atomic E-state index is 0.0360. The van der Waals surface area contributed by atoms with Gasteiger partial charge in [0.15, 0.2) is 5.78 Å². The van der Waals surface area contributed by atoms with E-state index < -0.39 is 0 Å². The van der Waals surface area contributed by atoms with Gasteiger partial charge in [-0.25, -0.2) is 4.98 Å². The molecule has 0 atom stereocenters. The van der Waals surface area contributed by atoms with Gasteiger partial charge in [-0.3, -0.25) is 4.79 Å². The molecule has 20 heavy (non-hydrogen) atoms. The Labute approximate surface area is 125 Å². The molecule has 0 spiro atoms.